The van der Waals surface area contributed by atoms with E-state index in [1.165, 1.54) is 0 Å². The number of hydrogen-bond acceptors (Lipinski definition) is 4. The van der Waals surface area contributed by atoms with Crippen LogP contribution in [0.25, 0.3) is 0 Å². The number of hydrogen-bond donors (Lipinski definition) is 6. The average Bonchev–Trinajstić information content (AvgIpc) is 2.98. The van der Waals surface area contributed by atoms with Crippen LogP contribution in [0.3, 0.4) is 0 Å². The van der Waals surface area contributed by atoms with E-state index in [1.807, 2.05) is 47.4 Å². The summed E-state index contributed by atoms with van der Waals surface area (Å²) in [4.78, 5) is 29.4. The number of benzene rings is 2. The van der Waals surface area contributed by atoms with Gasteiger partial charge in [-0.1, -0.05) is 73.9 Å². The largest absolute Gasteiger partial charge is 0.384 e. The second-order valence-corrected chi connectivity index (χ2v) is 11.2. The van der Waals surface area contributed by atoms with Crippen LogP contribution < -0.4 is 22.1 Å². The maximum Gasteiger partial charge on any atom is 0.242 e. The highest BCUT2D eigenvalue weighted by molar-refractivity contribution is 5.95. The highest BCUT2D eigenvalue weighted by atomic mass is 16.2. The van der Waals surface area contributed by atoms with Crippen LogP contribution >= 0.6 is 0 Å². The summed E-state index contributed by atoms with van der Waals surface area (Å²) in [5.74, 6) is -0.158. The zero-order valence-electron chi connectivity index (χ0n) is 23.2. The Morgan fingerprint density at radius 3 is 2.12 bits per heavy atom. The molecule has 1 aliphatic heterocycles. The van der Waals surface area contributed by atoms with Crippen LogP contribution in [0.5, 0.6) is 0 Å². The fraction of sp³-hybridized carbons (Fsp3) is 0.484. The van der Waals surface area contributed by atoms with Gasteiger partial charge < -0.3 is 27.0 Å². The molecule has 2 unspecified atom stereocenters. The minimum atomic E-state index is -0.573. The molecule has 9 heteroatoms. The van der Waals surface area contributed by atoms with Crippen molar-refractivity contribution in [3.63, 3.8) is 0 Å². The van der Waals surface area contributed by atoms with Crippen molar-refractivity contribution >= 4 is 23.6 Å². The van der Waals surface area contributed by atoms with Gasteiger partial charge in [-0.15, -0.1) is 0 Å². The van der Waals surface area contributed by atoms with Gasteiger partial charge in [-0.25, -0.2) is 0 Å². The Morgan fingerprint density at radius 2 is 1.52 bits per heavy atom. The predicted octanol–water partition coefficient (Wildman–Crippen LogP) is 3.08. The monoisotopic (exact) mass is 545 g/mol. The first-order valence-electron chi connectivity index (χ1n) is 14.5. The lowest BCUT2D eigenvalue weighted by Crippen LogP contribution is -2.53. The lowest BCUT2D eigenvalue weighted by Gasteiger charge is -2.34. The van der Waals surface area contributed by atoms with E-state index in [4.69, 9.17) is 22.3 Å². The highest BCUT2D eigenvalue weighted by Gasteiger charge is 2.34. The van der Waals surface area contributed by atoms with Crippen molar-refractivity contribution in [3.8, 4) is 0 Å². The van der Waals surface area contributed by atoms with Crippen molar-refractivity contribution in [3.05, 3.63) is 71.3 Å². The molecule has 0 spiro atoms. The Labute approximate surface area is 237 Å². The van der Waals surface area contributed by atoms with Gasteiger partial charge in [-0.2, -0.15) is 0 Å². The number of guanidine groups is 1. The predicted molar refractivity (Wildman–Crippen MR) is 158 cm³/mol. The standard InChI is InChI=1S/C31H43N7O2/c32-28(33)25-13-11-21(12-14-25)19-26(23-7-3-1-4-8-23)29(39)37-27(24-9-5-2-6-10-24)30(40)36-20-22-15-17-38(18-16-22)31(34)35/h1,3-4,7-8,11-14,22,24,26-27H,2,5-6,9-10,15-20H2,(H3,32,33)(H3,34,35)(H,36,40)(H,37,39). The minimum Gasteiger partial charge on any atom is -0.384 e. The molecule has 0 radical (unpaired) electrons. The molecule has 214 valence electrons. The molecular weight excluding hydrogens is 502 g/mol. The van der Waals surface area contributed by atoms with Crippen molar-refractivity contribution < 1.29 is 9.59 Å². The quantitative estimate of drug-likeness (QED) is 0.199. The van der Waals surface area contributed by atoms with Crippen molar-refractivity contribution in [1.29, 1.82) is 10.8 Å². The summed E-state index contributed by atoms with van der Waals surface area (Å²) < 4.78 is 0. The molecule has 9 nitrogen and oxygen atoms in total. The highest BCUT2D eigenvalue weighted by Crippen LogP contribution is 2.28. The first-order valence-corrected chi connectivity index (χ1v) is 14.5. The van der Waals surface area contributed by atoms with Crippen molar-refractivity contribution in [2.75, 3.05) is 19.6 Å². The maximum atomic E-state index is 13.9. The molecule has 2 atom stereocenters. The van der Waals surface area contributed by atoms with E-state index in [0.717, 1.165) is 69.2 Å². The number of nitrogens with one attached hydrogen (secondary N) is 4. The van der Waals surface area contributed by atoms with E-state index in [9.17, 15) is 9.59 Å². The zero-order valence-corrected chi connectivity index (χ0v) is 23.2. The maximum absolute atomic E-state index is 13.9. The molecule has 8 N–H and O–H groups in total. The van der Waals surface area contributed by atoms with Gasteiger partial charge in [-0.05, 0) is 55.1 Å². The molecule has 1 saturated carbocycles. The van der Waals surface area contributed by atoms with Crippen molar-refractivity contribution in [2.45, 2.75) is 63.3 Å². The number of rotatable bonds is 10. The third kappa shape index (κ3) is 7.83. The van der Waals surface area contributed by atoms with Crippen LogP contribution in [0.4, 0.5) is 0 Å². The summed E-state index contributed by atoms with van der Waals surface area (Å²) in [6.45, 7) is 2.02. The molecule has 40 heavy (non-hydrogen) atoms. The number of nitrogens with two attached hydrogens (primary N) is 2. The lowest BCUT2D eigenvalue weighted by molar-refractivity contribution is -0.131. The number of likely N-dealkylation sites (tertiary alicyclic amines) is 1. The summed E-state index contributed by atoms with van der Waals surface area (Å²) in [6.07, 6.45) is 7.38. The normalized spacial score (nSPS) is 17.9. The topological polar surface area (TPSA) is 161 Å². The van der Waals surface area contributed by atoms with Gasteiger partial charge in [0.15, 0.2) is 5.96 Å². The van der Waals surface area contributed by atoms with Gasteiger partial charge in [0.1, 0.15) is 11.9 Å². The van der Waals surface area contributed by atoms with Crippen molar-refractivity contribution in [2.24, 2.45) is 23.3 Å². The summed E-state index contributed by atoms with van der Waals surface area (Å²) in [6, 6.07) is 16.5. The zero-order chi connectivity index (χ0) is 28.5. The number of amidine groups is 1. The summed E-state index contributed by atoms with van der Waals surface area (Å²) >= 11 is 0. The number of piperidine rings is 1. The minimum absolute atomic E-state index is 0.00893. The first-order chi connectivity index (χ1) is 19.3. The van der Waals surface area contributed by atoms with Gasteiger partial charge in [0.05, 0.1) is 5.92 Å². The van der Waals surface area contributed by atoms with Crippen molar-refractivity contribution in [1.82, 2.24) is 15.5 Å². The third-order valence-electron chi connectivity index (χ3n) is 8.44. The molecule has 2 aliphatic rings. The summed E-state index contributed by atoms with van der Waals surface area (Å²) in [7, 11) is 0. The summed E-state index contributed by atoms with van der Waals surface area (Å²) in [5.41, 5.74) is 13.7. The van der Waals surface area contributed by atoms with E-state index in [0.29, 0.717) is 24.4 Å². The smallest absolute Gasteiger partial charge is 0.242 e. The van der Waals surface area contributed by atoms with E-state index < -0.39 is 12.0 Å². The Morgan fingerprint density at radius 1 is 0.875 bits per heavy atom. The number of nitrogens with zero attached hydrogens (tertiary/aromatic N) is 1. The second-order valence-electron chi connectivity index (χ2n) is 11.2. The molecule has 0 aromatic heterocycles. The van der Waals surface area contributed by atoms with Gasteiger partial charge in [-0.3, -0.25) is 20.4 Å². The van der Waals surface area contributed by atoms with E-state index >= 15 is 0 Å². The first kappa shape index (κ1) is 29.1. The molecule has 1 heterocycles. The third-order valence-corrected chi connectivity index (χ3v) is 8.44. The Balaban J connectivity index is 1.47. The van der Waals surface area contributed by atoms with Crippen LogP contribution in [-0.2, 0) is 16.0 Å². The molecule has 4 rings (SSSR count). The molecule has 2 fully saturated rings. The Bertz CT molecular complexity index is 1150. The molecule has 2 aromatic carbocycles. The second kappa shape index (κ2) is 14.0. The molecule has 1 saturated heterocycles. The molecule has 1 aliphatic carbocycles. The summed E-state index contributed by atoms with van der Waals surface area (Å²) in [5, 5.41) is 21.6. The average molecular weight is 546 g/mol. The van der Waals surface area contributed by atoms with E-state index in [-0.39, 0.29) is 29.5 Å². The fourth-order valence-corrected chi connectivity index (χ4v) is 5.96. The number of carbonyl (C=O) groups excluding carboxylic acids is 2. The van der Waals surface area contributed by atoms with E-state index in [2.05, 4.69) is 10.6 Å². The molecule has 2 aromatic rings. The lowest BCUT2D eigenvalue weighted by atomic mass is 9.82. The molecule has 2 amide bonds. The number of nitrogen functional groups attached to an aromatic ring is 1. The van der Waals surface area contributed by atoms with E-state index in [1.54, 1.807) is 12.1 Å². The number of amides is 2. The fourth-order valence-electron chi connectivity index (χ4n) is 5.96. The van der Waals surface area contributed by atoms with Crippen LogP contribution in [0.15, 0.2) is 54.6 Å². The van der Waals surface area contributed by atoms with Crippen LogP contribution in [-0.4, -0.2) is 54.2 Å². The molecular formula is C31H43N7O2. The Kier molecular flexibility index (Phi) is 10.2. The van der Waals surface area contributed by atoms with Gasteiger partial charge in [0.25, 0.3) is 0 Å². The van der Waals surface area contributed by atoms with Crippen LogP contribution in [0, 0.1) is 22.7 Å². The van der Waals surface area contributed by atoms with Gasteiger partial charge >= 0.3 is 0 Å². The molecule has 0 bridgehead atoms. The van der Waals surface area contributed by atoms with Crippen LogP contribution in [0.2, 0.25) is 0 Å². The Hall–Kier alpha value is -3.88. The van der Waals surface area contributed by atoms with Crippen LogP contribution in [0.1, 0.15) is 67.6 Å². The SMILES string of the molecule is N=C(N)c1ccc(CC(C(=O)NC(C(=O)NCC2CCN(C(=N)N)CC2)C2CCCCC2)c2ccccc2)cc1. The van der Waals surface area contributed by atoms with Gasteiger partial charge in [0, 0.05) is 25.2 Å². The number of carbonyl (C=O) groups is 2. The van der Waals surface area contributed by atoms with Gasteiger partial charge in [0.2, 0.25) is 11.8 Å².